The molecular formula is C17H32N4. The number of unbranched alkanes of at least 4 members (excludes halogenated alkanes) is 6. The minimum absolute atomic E-state index is 0.752. The first-order valence-electron chi connectivity index (χ1n) is 8.59. The number of hydrogen-bond donors (Lipinski definition) is 2. The molecule has 0 spiro atoms. The van der Waals surface area contributed by atoms with Gasteiger partial charge in [-0.2, -0.15) is 4.98 Å². The highest BCUT2D eigenvalue weighted by molar-refractivity contribution is 5.42. The highest BCUT2D eigenvalue weighted by atomic mass is 15.1. The fraction of sp³-hybridized carbons (Fsp3) is 0.765. The molecule has 4 heteroatoms. The lowest BCUT2D eigenvalue weighted by atomic mass is 10.2. The van der Waals surface area contributed by atoms with E-state index in [9.17, 15) is 0 Å². The minimum Gasteiger partial charge on any atom is -0.370 e. The van der Waals surface area contributed by atoms with E-state index in [-0.39, 0.29) is 0 Å². The third-order valence-electron chi connectivity index (χ3n) is 3.50. The maximum Gasteiger partial charge on any atom is 0.224 e. The van der Waals surface area contributed by atoms with Gasteiger partial charge in [0.1, 0.15) is 5.82 Å². The van der Waals surface area contributed by atoms with Crippen molar-refractivity contribution in [1.82, 2.24) is 9.97 Å². The van der Waals surface area contributed by atoms with Crippen molar-refractivity contribution in [3.05, 3.63) is 11.8 Å². The lowest BCUT2D eigenvalue weighted by Crippen LogP contribution is -2.09. The van der Waals surface area contributed by atoms with E-state index < -0.39 is 0 Å². The average Bonchev–Trinajstić information content (AvgIpc) is 2.46. The van der Waals surface area contributed by atoms with Crippen molar-refractivity contribution in [2.45, 2.75) is 72.1 Å². The van der Waals surface area contributed by atoms with Crippen LogP contribution in [-0.2, 0) is 0 Å². The van der Waals surface area contributed by atoms with Crippen LogP contribution in [0.5, 0.6) is 0 Å². The summed E-state index contributed by atoms with van der Waals surface area (Å²) in [5.41, 5.74) is 1.01. The summed E-state index contributed by atoms with van der Waals surface area (Å²) in [7, 11) is 0. The van der Waals surface area contributed by atoms with E-state index in [4.69, 9.17) is 0 Å². The molecule has 0 saturated carbocycles. The second-order valence-electron chi connectivity index (χ2n) is 5.69. The van der Waals surface area contributed by atoms with Crippen molar-refractivity contribution in [1.29, 1.82) is 0 Å². The molecule has 0 atom stereocenters. The molecule has 0 aromatic carbocycles. The molecule has 4 nitrogen and oxygen atoms in total. The Morgan fingerprint density at radius 2 is 1.43 bits per heavy atom. The van der Waals surface area contributed by atoms with Gasteiger partial charge in [-0.15, -0.1) is 0 Å². The molecule has 1 rings (SSSR count). The molecule has 0 aliphatic carbocycles. The second-order valence-corrected chi connectivity index (χ2v) is 5.69. The summed E-state index contributed by atoms with van der Waals surface area (Å²) in [5, 5.41) is 6.74. The van der Waals surface area contributed by atoms with E-state index in [1.54, 1.807) is 0 Å². The van der Waals surface area contributed by atoms with E-state index in [1.165, 1.54) is 51.4 Å². The molecule has 120 valence electrons. The largest absolute Gasteiger partial charge is 0.370 e. The number of aryl methyl sites for hydroxylation is 1. The number of hydrogen-bond acceptors (Lipinski definition) is 4. The van der Waals surface area contributed by atoms with Crippen LogP contribution >= 0.6 is 0 Å². The zero-order valence-electron chi connectivity index (χ0n) is 14.0. The molecule has 21 heavy (non-hydrogen) atoms. The molecule has 0 bridgehead atoms. The topological polar surface area (TPSA) is 49.8 Å². The molecule has 0 aliphatic rings. The standard InChI is InChI=1S/C17H32N4/c1-4-6-8-10-12-18-16-14-15(3)20-17(21-16)19-13-11-9-7-5-2/h14H,4-13H2,1-3H3,(H2,18,19,20,21). The molecule has 2 N–H and O–H groups in total. The maximum absolute atomic E-state index is 4.54. The number of nitrogens with one attached hydrogen (secondary N) is 2. The van der Waals surface area contributed by atoms with Crippen molar-refractivity contribution < 1.29 is 0 Å². The summed E-state index contributed by atoms with van der Waals surface area (Å²) in [6.07, 6.45) is 10.1. The third-order valence-corrected chi connectivity index (χ3v) is 3.50. The van der Waals surface area contributed by atoms with Crippen LogP contribution in [0.1, 0.15) is 70.9 Å². The van der Waals surface area contributed by atoms with Crippen molar-refractivity contribution in [2.24, 2.45) is 0 Å². The Morgan fingerprint density at radius 3 is 2.05 bits per heavy atom. The second kappa shape index (κ2) is 11.4. The van der Waals surface area contributed by atoms with Crippen molar-refractivity contribution in [2.75, 3.05) is 23.7 Å². The lowest BCUT2D eigenvalue weighted by molar-refractivity contribution is 0.682. The molecule has 0 fully saturated rings. The number of rotatable bonds is 12. The van der Waals surface area contributed by atoms with Crippen LogP contribution < -0.4 is 10.6 Å². The van der Waals surface area contributed by atoms with Gasteiger partial charge in [-0.1, -0.05) is 52.4 Å². The SMILES string of the molecule is CCCCCCNc1cc(C)nc(NCCCCCC)n1. The van der Waals surface area contributed by atoms with E-state index in [2.05, 4.69) is 34.4 Å². The smallest absolute Gasteiger partial charge is 0.224 e. The van der Waals surface area contributed by atoms with Crippen LogP contribution in [0.25, 0.3) is 0 Å². The first-order valence-corrected chi connectivity index (χ1v) is 8.59. The van der Waals surface area contributed by atoms with E-state index in [1.807, 2.05) is 13.0 Å². The Hall–Kier alpha value is -1.32. The van der Waals surface area contributed by atoms with Gasteiger partial charge in [0.05, 0.1) is 0 Å². The van der Waals surface area contributed by atoms with Crippen LogP contribution in [-0.4, -0.2) is 23.1 Å². The molecule has 0 amide bonds. The summed E-state index contributed by atoms with van der Waals surface area (Å²) in [5.74, 6) is 1.69. The van der Waals surface area contributed by atoms with Crippen LogP contribution in [0, 0.1) is 6.92 Å². The minimum atomic E-state index is 0.752. The number of aromatic nitrogens is 2. The van der Waals surface area contributed by atoms with E-state index in [0.717, 1.165) is 30.5 Å². The van der Waals surface area contributed by atoms with Gasteiger partial charge in [0.2, 0.25) is 5.95 Å². The van der Waals surface area contributed by atoms with Gasteiger partial charge in [0.25, 0.3) is 0 Å². The van der Waals surface area contributed by atoms with Gasteiger partial charge >= 0.3 is 0 Å². The zero-order chi connectivity index (χ0) is 15.3. The predicted octanol–water partition coefficient (Wildman–Crippen LogP) is 4.77. The molecule has 0 saturated heterocycles. The lowest BCUT2D eigenvalue weighted by Gasteiger charge is -2.10. The van der Waals surface area contributed by atoms with Gasteiger partial charge in [-0.3, -0.25) is 0 Å². The third kappa shape index (κ3) is 8.53. The predicted molar refractivity (Wildman–Crippen MR) is 92.0 cm³/mol. The summed E-state index contributed by atoms with van der Waals surface area (Å²) in [6.45, 7) is 8.44. The van der Waals surface area contributed by atoms with Crippen LogP contribution in [0.3, 0.4) is 0 Å². The first-order chi connectivity index (χ1) is 10.3. The van der Waals surface area contributed by atoms with E-state index >= 15 is 0 Å². The van der Waals surface area contributed by atoms with Gasteiger partial charge in [-0.05, 0) is 19.8 Å². The normalized spacial score (nSPS) is 10.6. The van der Waals surface area contributed by atoms with E-state index in [0.29, 0.717) is 0 Å². The fourth-order valence-electron chi connectivity index (χ4n) is 2.26. The van der Waals surface area contributed by atoms with Crippen LogP contribution in [0.2, 0.25) is 0 Å². The Kier molecular flexibility index (Phi) is 9.58. The molecule has 0 radical (unpaired) electrons. The molecule has 1 aromatic heterocycles. The molecule has 1 heterocycles. The highest BCUT2D eigenvalue weighted by Gasteiger charge is 2.01. The van der Waals surface area contributed by atoms with Gasteiger partial charge in [0.15, 0.2) is 0 Å². The monoisotopic (exact) mass is 292 g/mol. The maximum atomic E-state index is 4.54. The van der Waals surface area contributed by atoms with Crippen LogP contribution in [0.15, 0.2) is 6.07 Å². The fourth-order valence-corrected chi connectivity index (χ4v) is 2.26. The number of anilines is 2. The van der Waals surface area contributed by atoms with Gasteiger partial charge < -0.3 is 10.6 Å². The number of nitrogens with zero attached hydrogens (tertiary/aromatic N) is 2. The van der Waals surface area contributed by atoms with Crippen molar-refractivity contribution in [3.8, 4) is 0 Å². The van der Waals surface area contributed by atoms with Gasteiger partial charge in [-0.25, -0.2) is 4.98 Å². The zero-order valence-corrected chi connectivity index (χ0v) is 14.0. The highest BCUT2D eigenvalue weighted by Crippen LogP contribution is 2.10. The Bertz CT molecular complexity index is 347. The van der Waals surface area contributed by atoms with Crippen molar-refractivity contribution in [3.63, 3.8) is 0 Å². The molecule has 1 aromatic rings. The first kappa shape index (κ1) is 17.7. The summed E-state index contributed by atoms with van der Waals surface area (Å²) >= 11 is 0. The summed E-state index contributed by atoms with van der Waals surface area (Å²) in [4.78, 5) is 8.98. The Labute approximate surface area is 130 Å². The van der Waals surface area contributed by atoms with Crippen molar-refractivity contribution >= 4 is 11.8 Å². The summed E-state index contributed by atoms with van der Waals surface area (Å²) < 4.78 is 0. The quantitative estimate of drug-likeness (QED) is 0.545. The molecular weight excluding hydrogens is 260 g/mol. The Balaban J connectivity index is 2.32. The molecule has 0 aliphatic heterocycles. The van der Waals surface area contributed by atoms with Gasteiger partial charge in [0, 0.05) is 24.8 Å². The average molecular weight is 292 g/mol. The Morgan fingerprint density at radius 1 is 0.810 bits per heavy atom. The van der Waals surface area contributed by atoms with Crippen LogP contribution in [0.4, 0.5) is 11.8 Å². The summed E-state index contributed by atoms with van der Waals surface area (Å²) in [6, 6.07) is 2.02. The molecule has 0 unspecified atom stereocenters.